The van der Waals surface area contributed by atoms with Crippen LogP contribution in [0.3, 0.4) is 0 Å². The van der Waals surface area contributed by atoms with E-state index >= 15 is 0 Å². The standard InChI is InChI=1S/C19H22N2O2/c1-4-13-15-10-12(9-11(2)18(15)21-19(13)22)17(20)14-7-5-6-8-16(14)23-3/h5-10,13,17H,4,20H2,1-3H3,(H,21,22). The Bertz CT molecular complexity index is 755. The zero-order valence-corrected chi connectivity index (χ0v) is 13.7. The third-order valence-electron chi connectivity index (χ3n) is 4.57. The Balaban J connectivity index is 2.06. The van der Waals surface area contributed by atoms with Gasteiger partial charge in [0.05, 0.1) is 19.1 Å². The first-order chi connectivity index (χ1) is 11.1. The number of ether oxygens (including phenoxy) is 1. The second kappa shape index (κ2) is 6.05. The van der Waals surface area contributed by atoms with Gasteiger partial charge in [-0.1, -0.05) is 37.3 Å². The summed E-state index contributed by atoms with van der Waals surface area (Å²) in [5, 5.41) is 2.99. The summed E-state index contributed by atoms with van der Waals surface area (Å²) in [6.45, 7) is 4.04. The minimum Gasteiger partial charge on any atom is -0.496 e. The number of hydrogen-bond acceptors (Lipinski definition) is 3. The molecule has 0 spiro atoms. The highest BCUT2D eigenvalue weighted by Gasteiger charge is 2.31. The van der Waals surface area contributed by atoms with Crippen molar-refractivity contribution in [1.29, 1.82) is 0 Å². The van der Waals surface area contributed by atoms with Crippen LogP contribution in [-0.2, 0) is 4.79 Å². The molecule has 2 atom stereocenters. The number of methoxy groups -OCH3 is 1. The fraction of sp³-hybridized carbons (Fsp3) is 0.316. The van der Waals surface area contributed by atoms with Gasteiger partial charge in [0, 0.05) is 11.3 Å². The molecule has 0 fully saturated rings. The van der Waals surface area contributed by atoms with Gasteiger partial charge in [0.15, 0.2) is 0 Å². The summed E-state index contributed by atoms with van der Waals surface area (Å²) >= 11 is 0. The predicted molar refractivity (Wildman–Crippen MR) is 91.9 cm³/mol. The summed E-state index contributed by atoms with van der Waals surface area (Å²) in [7, 11) is 1.65. The number of nitrogens with two attached hydrogens (primary N) is 1. The van der Waals surface area contributed by atoms with E-state index in [0.29, 0.717) is 0 Å². The third kappa shape index (κ3) is 2.59. The number of carbonyl (C=O) groups is 1. The van der Waals surface area contributed by atoms with E-state index in [1.807, 2.05) is 44.2 Å². The van der Waals surface area contributed by atoms with Gasteiger partial charge in [0.25, 0.3) is 0 Å². The van der Waals surface area contributed by atoms with Crippen LogP contribution in [0.5, 0.6) is 5.75 Å². The number of benzene rings is 2. The summed E-state index contributed by atoms with van der Waals surface area (Å²) in [6, 6.07) is 11.6. The van der Waals surface area contributed by atoms with Crippen LogP contribution in [0.4, 0.5) is 5.69 Å². The molecule has 1 aliphatic rings. The van der Waals surface area contributed by atoms with E-state index in [1.54, 1.807) is 7.11 Å². The Labute approximate surface area is 136 Å². The fourth-order valence-electron chi connectivity index (χ4n) is 3.33. The van der Waals surface area contributed by atoms with Gasteiger partial charge in [-0.15, -0.1) is 0 Å². The SMILES string of the molecule is CCC1C(=O)Nc2c(C)cc(C(N)c3ccccc3OC)cc21. The number of aryl methyl sites for hydroxylation is 1. The third-order valence-corrected chi connectivity index (χ3v) is 4.57. The van der Waals surface area contributed by atoms with Crippen molar-refractivity contribution in [3.63, 3.8) is 0 Å². The second-order valence-electron chi connectivity index (χ2n) is 5.97. The average Bonchev–Trinajstić information content (AvgIpc) is 2.90. The largest absolute Gasteiger partial charge is 0.496 e. The van der Waals surface area contributed by atoms with Gasteiger partial charge in [0.1, 0.15) is 5.75 Å². The molecule has 120 valence electrons. The van der Waals surface area contributed by atoms with Crippen molar-refractivity contribution in [2.45, 2.75) is 32.2 Å². The molecule has 2 aromatic rings. The minimum absolute atomic E-state index is 0.0774. The topological polar surface area (TPSA) is 64.4 Å². The number of hydrogen-bond donors (Lipinski definition) is 2. The molecular formula is C19H22N2O2. The number of amides is 1. The molecule has 0 saturated heterocycles. The van der Waals surface area contributed by atoms with Gasteiger partial charge >= 0.3 is 0 Å². The van der Waals surface area contributed by atoms with Crippen molar-refractivity contribution in [2.24, 2.45) is 5.73 Å². The van der Waals surface area contributed by atoms with E-state index in [4.69, 9.17) is 10.5 Å². The van der Waals surface area contributed by atoms with Crippen LogP contribution in [0, 0.1) is 6.92 Å². The minimum atomic E-state index is -0.289. The molecule has 4 nitrogen and oxygen atoms in total. The fourth-order valence-corrected chi connectivity index (χ4v) is 3.33. The van der Waals surface area contributed by atoms with Crippen LogP contribution in [-0.4, -0.2) is 13.0 Å². The summed E-state index contributed by atoms with van der Waals surface area (Å²) in [5.74, 6) is 0.765. The van der Waals surface area contributed by atoms with E-state index in [0.717, 1.165) is 40.1 Å². The van der Waals surface area contributed by atoms with Crippen LogP contribution in [0.25, 0.3) is 0 Å². The lowest BCUT2D eigenvalue weighted by Gasteiger charge is -2.18. The number of fused-ring (bicyclic) bond motifs is 1. The highest BCUT2D eigenvalue weighted by Crippen LogP contribution is 2.40. The Morgan fingerprint density at radius 3 is 2.74 bits per heavy atom. The van der Waals surface area contributed by atoms with Crippen LogP contribution < -0.4 is 15.8 Å². The Morgan fingerprint density at radius 2 is 2.04 bits per heavy atom. The lowest BCUT2D eigenvalue weighted by molar-refractivity contribution is -0.117. The van der Waals surface area contributed by atoms with Crippen molar-refractivity contribution in [3.8, 4) is 5.75 Å². The predicted octanol–water partition coefficient (Wildman–Crippen LogP) is 3.50. The van der Waals surface area contributed by atoms with E-state index < -0.39 is 0 Å². The van der Waals surface area contributed by atoms with Gasteiger partial charge in [0.2, 0.25) is 5.91 Å². The summed E-state index contributed by atoms with van der Waals surface area (Å²) in [5.41, 5.74) is 11.5. The van der Waals surface area contributed by atoms with Crippen molar-refractivity contribution in [3.05, 3.63) is 58.7 Å². The molecule has 0 bridgehead atoms. The van der Waals surface area contributed by atoms with Crippen LogP contribution >= 0.6 is 0 Å². The van der Waals surface area contributed by atoms with E-state index in [2.05, 4.69) is 11.4 Å². The molecule has 1 heterocycles. The lowest BCUT2D eigenvalue weighted by atomic mass is 9.90. The maximum Gasteiger partial charge on any atom is 0.232 e. The van der Waals surface area contributed by atoms with Gasteiger partial charge < -0.3 is 15.8 Å². The van der Waals surface area contributed by atoms with E-state index in [1.165, 1.54) is 0 Å². The molecule has 0 aromatic heterocycles. The second-order valence-corrected chi connectivity index (χ2v) is 5.97. The monoisotopic (exact) mass is 310 g/mol. The summed E-state index contributed by atoms with van der Waals surface area (Å²) in [6.07, 6.45) is 0.783. The quantitative estimate of drug-likeness (QED) is 0.908. The number of para-hydroxylation sites is 1. The van der Waals surface area contributed by atoms with Gasteiger partial charge in [-0.05, 0) is 36.1 Å². The zero-order valence-electron chi connectivity index (χ0n) is 13.7. The lowest BCUT2D eigenvalue weighted by Crippen LogP contribution is -2.14. The molecule has 2 aromatic carbocycles. The van der Waals surface area contributed by atoms with Gasteiger partial charge in [-0.25, -0.2) is 0 Å². The van der Waals surface area contributed by atoms with Gasteiger partial charge in [-0.3, -0.25) is 4.79 Å². The highest BCUT2D eigenvalue weighted by molar-refractivity contribution is 6.03. The maximum atomic E-state index is 12.1. The molecule has 2 unspecified atom stereocenters. The number of carbonyl (C=O) groups excluding carboxylic acids is 1. The number of nitrogens with one attached hydrogen (secondary N) is 1. The molecule has 0 saturated carbocycles. The molecule has 0 radical (unpaired) electrons. The Hall–Kier alpha value is -2.33. The van der Waals surface area contributed by atoms with Crippen LogP contribution in [0.15, 0.2) is 36.4 Å². The van der Waals surface area contributed by atoms with Crippen LogP contribution in [0.2, 0.25) is 0 Å². The first-order valence-corrected chi connectivity index (χ1v) is 7.90. The van der Waals surface area contributed by atoms with Crippen molar-refractivity contribution < 1.29 is 9.53 Å². The number of anilines is 1. The first kappa shape index (κ1) is 15.6. The van der Waals surface area contributed by atoms with Crippen molar-refractivity contribution in [2.75, 3.05) is 12.4 Å². The van der Waals surface area contributed by atoms with E-state index in [9.17, 15) is 4.79 Å². The smallest absolute Gasteiger partial charge is 0.232 e. The molecule has 1 amide bonds. The Morgan fingerprint density at radius 1 is 1.30 bits per heavy atom. The summed E-state index contributed by atoms with van der Waals surface area (Å²) < 4.78 is 5.42. The molecule has 4 heteroatoms. The van der Waals surface area contributed by atoms with Crippen molar-refractivity contribution in [1.82, 2.24) is 0 Å². The van der Waals surface area contributed by atoms with Crippen LogP contribution in [0.1, 0.15) is 47.6 Å². The molecular weight excluding hydrogens is 288 g/mol. The zero-order chi connectivity index (χ0) is 16.6. The summed E-state index contributed by atoms with van der Waals surface area (Å²) in [4.78, 5) is 12.1. The molecule has 3 N–H and O–H groups in total. The van der Waals surface area contributed by atoms with E-state index in [-0.39, 0.29) is 17.9 Å². The maximum absolute atomic E-state index is 12.1. The molecule has 0 aliphatic carbocycles. The molecule has 1 aliphatic heterocycles. The Kier molecular flexibility index (Phi) is 4.09. The first-order valence-electron chi connectivity index (χ1n) is 7.90. The van der Waals surface area contributed by atoms with Crippen molar-refractivity contribution >= 4 is 11.6 Å². The average molecular weight is 310 g/mol. The highest BCUT2D eigenvalue weighted by atomic mass is 16.5. The normalized spacial score (nSPS) is 17.6. The molecule has 23 heavy (non-hydrogen) atoms. The molecule has 3 rings (SSSR count). The van der Waals surface area contributed by atoms with Gasteiger partial charge in [-0.2, -0.15) is 0 Å². The number of rotatable bonds is 4.